The van der Waals surface area contributed by atoms with E-state index < -0.39 is 0 Å². The maximum Gasteiger partial charge on any atom is 0.135 e. The van der Waals surface area contributed by atoms with Crippen molar-refractivity contribution in [2.75, 3.05) is 4.90 Å². The number of benzene rings is 8. The highest BCUT2D eigenvalue weighted by atomic mass is 16.3. The molecule has 0 aliphatic carbocycles. The third-order valence-electron chi connectivity index (χ3n) is 8.77. The van der Waals surface area contributed by atoms with Crippen molar-refractivity contribution in [2.24, 2.45) is 0 Å². The van der Waals surface area contributed by atoms with Gasteiger partial charge in [0.05, 0.1) is 0 Å². The first-order valence-electron chi connectivity index (χ1n) is 15.0. The van der Waals surface area contributed by atoms with Crippen LogP contribution in [0.25, 0.3) is 65.4 Å². The number of rotatable bonds is 4. The quantitative estimate of drug-likeness (QED) is 0.212. The molecule has 1 aromatic heterocycles. The second-order valence-corrected chi connectivity index (χ2v) is 11.5. The predicted molar refractivity (Wildman–Crippen MR) is 186 cm³/mol. The van der Waals surface area contributed by atoms with E-state index in [9.17, 15) is 0 Å². The molecule has 0 amide bonds. The third-order valence-corrected chi connectivity index (χ3v) is 8.77. The lowest BCUT2D eigenvalue weighted by Gasteiger charge is -2.26. The van der Waals surface area contributed by atoms with Gasteiger partial charge in [-0.3, -0.25) is 0 Å². The van der Waals surface area contributed by atoms with Gasteiger partial charge in [-0.1, -0.05) is 103 Å². The lowest BCUT2D eigenvalue weighted by molar-refractivity contribution is 0.669. The molecule has 0 radical (unpaired) electrons. The minimum atomic E-state index is 0.895. The molecule has 0 spiro atoms. The van der Waals surface area contributed by atoms with E-state index in [0.717, 1.165) is 39.0 Å². The van der Waals surface area contributed by atoms with Gasteiger partial charge >= 0.3 is 0 Å². The summed E-state index contributed by atoms with van der Waals surface area (Å²) in [5, 5.41) is 9.61. The molecule has 0 saturated heterocycles. The Balaban J connectivity index is 1.23. The van der Waals surface area contributed by atoms with Gasteiger partial charge in [-0.25, -0.2) is 0 Å². The molecule has 9 aromatic rings. The Bertz CT molecular complexity index is 2520. The monoisotopic (exact) mass is 561 g/mol. The molecule has 44 heavy (non-hydrogen) atoms. The summed E-state index contributed by atoms with van der Waals surface area (Å²) in [6.45, 7) is 0. The maximum atomic E-state index is 6.18. The van der Waals surface area contributed by atoms with Crippen LogP contribution in [0, 0.1) is 0 Å². The molecule has 0 bridgehead atoms. The van der Waals surface area contributed by atoms with Crippen molar-refractivity contribution in [3.8, 4) is 11.1 Å². The minimum Gasteiger partial charge on any atom is -0.456 e. The number of furan rings is 1. The fraction of sp³-hybridized carbons (Fsp3) is 0. The van der Waals surface area contributed by atoms with Gasteiger partial charge in [0.2, 0.25) is 0 Å². The van der Waals surface area contributed by atoms with E-state index in [1.807, 2.05) is 12.1 Å². The molecule has 2 nitrogen and oxygen atoms in total. The highest BCUT2D eigenvalue weighted by Gasteiger charge is 2.16. The van der Waals surface area contributed by atoms with Crippen LogP contribution >= 0.6 is 0 Å². The smallest absolute Gasteiger partial charge is 0.135 e. The van der Waals surface area contributed by atoms with Crippen LogP contribution in [-0.4, -0.2) is 0 Å². The van der Waals surface area contributed by atoms with Crippen LogP contribution in [0.5, 0.6) is 0 Å². The summed E-state index contributed by atoms with van der Waals surface area (Å²) in [5.74, 6) is 0. The second-order valence-electron chi connectivity index (χ2n) is 11.5. The van der Waals surface area contributed by atoms with Gasteiger partial charge in [-0.15, -0.1) is 0 Å². The first-order valence-corrected chi connectivity index (χ1v) is 15.0. The van der Waals surface area contributed by atoms with Crippen molar-refractivity contribution in [2.45, 2.75) is 0 Å². The van der Waals surface area contributed by atoms with Gasteiger partial charge < -0.3 is 9.32 Å². The summed E-state index contributed by atoms with van der Waals surface area (Å²) < 4.78 is 6.18. The van der Waals surface area contributed by atoms with Crippen molar-refractivity contribution in [3.05, 3.63) is 164 Å². The van der Waals surface area contributed by atoms with Crippen LogP contribution in [0.15, 0.2) is 168 Å². The number of fused-ring (bicyclic) bond motifs is 6. The number of nitrogens with zero attached hydrogens (tertiary/aromatic N) is 1. The molecule has 0 saturated carbocycles. The van der Waals surface area contributed by atoms with E-state index in [2.05, 4.69) is 157 Å². The first kappa shape index (κ1) is 24.7. The maximum absolute atomic E-state index is 6.18. The summed E-state index contributed by atoms with van der Waals surface area (Å²) in [4.78, 5) is 2.36. The van der Waals surface area contributed by atoms with E-state index in [1.54, 1.807) is 0 Å². The van der Waals surface area contributed by atoms with Crippen LogP contribution in [0.3, 0.4) is 0 Å². The van der Waals surface area contributed by atoms with Gasteiger partial charge in [0.1, 0.15) is 11.2 Å². The zero-order chi connectivity index (χ0) is 29.0. The van der Waals surface area contributed by atoms with Crippen molar-refractivity contribution in [1.82, 2.24) is 0 Å². The average molecular weight is 562 g/mol. The number of para-hydroxylation sites is 1. The molecule has 0 aliphatic rings. The predicted octanol–water partition coefficient (Wildman–Crippen LogP) is 12.2. The molecule has 0 unspecified atom stereocenters. The molecule has 1 heterocycles. The molecule has 0 atom stereocenters. The molecular weight excluding hydrogens is 534 g/mol. The molecule has 0 aliphatic heterocycles. The largest absolute Gasteiger partial charge is 0.456 e. The Hall–Kier alpha value is -5.86. The molecule has 2 heteroatoms. The Morgan fingerprint density at radius 1 is 0.318 bits per heavy atom. The number of hydrogen-bond acceptors (Lipinski definition) is 2. The van der Waals surface area contributed by atoms with Crippen molar-refractivity contribution >= 4 is 71.3 Å². The minimum absolute atomic E-state index is 0.895. The molecule has 0 fully saturated rings. The SMILES string of the molecule is c1ccc2cc(-c3ccc4ccc(N(c5ccc6ccccc6c5)c5ccc6oc7ccccc7c6c5)cc4c3)ccc2c1. The summed E-state index contributed by atoms with van der Waals surface area (Å²) in [5.41, 5.74) is 7.54. The van der Waals surface area contributed by atoms with Crippen molar-refractivity contribution < 1.29 is 4.42 Å². The second kappa shape index (κ2) is 9.86. The van der Waals surface area contributed by atoms with Crippen LogP contribution in [0.4, 0.5) is 17.1 Å². The molecular formula is C42H27NO. The van der Waals surface area contributed by atoms with Crippen LogP contribution in [-0.2, 0) is 0 Å². The molecule has 206 valence electrons. The van der Waals surface area contributed by atoms with Gasteiger partial charge in [-0.05, 0) is 104 Å². The van der Waals surface area contributed by atoms with Gasteiger partial charge in [0, 0.05) is 27.8 Å². The highest BCUT2D eigenvalue weighted by molar-refractivity contribution is 6.07. The number of hydrogen-bond donors (Lipinski definition) is 0. The molecule has 0 N–H and O–H groups in total. The topological polar surface area (TPSA) is 16.4 Å². The third kappa shape index (κ3) is 4.11. The van der Waals surface area contributed by atoms with Gasteiger partial charge in [-0.2, -0.15) is 0 Å². The Morgan fingerprint density at radius 3 is 1.52 bits per heavy atom. The normalized spacial score (nSPS) is 11.6. The lowest BCUT2D eigenvalue weighted by atomic mass is 9.98. The molecule has 9 rings (SSSR count). The summed E-state index contributed by atoms with van der Waals surface area (Å²) in [6.07, 6.45) is 0. The van der Waals surface area contributed by atoms with E-state index >= 15 is 0 Å². The van der Waals surface area contributed by atoms with Gasteiger partial charge in [0.25, 0.3) is 0 Å². The summed E-state index contributed by atoms with van der Waals surface area (Å²) in [7, 11) is 0. The lowest BCUT2D eigenvalue weighted by Crippen LogP contribution is -2.09. The average Bonchev–Trinajstić information content (AvgIpc) is 3.46. The highest BCUT2D eigenvalue weighted by Crippen LogP contribution is 2.41. The van der Waals surface area contributed by atoms with E-state index in [-0.39, 0.29) is 0 Å². The zero-order valence-corrected chi connectivity index (χ0v) is 23.9. The van der Waals surface area contributed by atoms with Crippen molar-refractivity contribution in [1.29, 1.82) is 0 Å². The summed E-state index contributed by atoms with van der Waals surface area (Å²) in [6, 6.07) is 58.8. The Labute approximate surface area is 255 Å². The summed E-state index contributed by atoms with van der Waals surface area (Å²) >= 11 is 0. The fourth-order valence-electron chi connectivity index (χ4n) is 6.54. The fourth-order valence-corrected chi connectivity index (χ4v) is 6.54. The number of anilines is 3. The standard InChI is InChI=1S/C42H27NO/c1-3-9-31-23-33(15-13-28(31)7-1)34-16-14-30-18-20-37(26-35(30)24-34)43(36-19-17-29-8-2-4-10-32(29)25-36)38-21-22-42-40(27-38)39-11-5-6-12-41(39)44-42/h1-27H. The van der Waals surface area contributed by atoms with E-state index in [0.29, 0.717) is 0 Å². The molecule has 8 aromatic carbocycles. The Morgan fingerprint density at radius 2 is 0.795 bits per heavy atom. The van der Waals surface area contributed by atoms with Crippen LogP contribution < -0.4 is 4.90 Å². The zero-order valence-electron chi connectivity index (χ0n) is 23.9. The van der Waals surface area contributed by atoms with Gasteiger partial charge in [0.15, 0.2) is 0 Å². The van der Waals surface area contributed by atoms with E-state index in [4.69, 9.17) is 4.42 Å². The van der Waals surface area contributed by atoms with Crippen molar-refractivity contribution in [3.63, 3.8) is 0 Å². The Kier molecular flexibility index (Phi) is 5.54. The van der Waals surface area contributed by atoms with E-state index in [1.165, 1.54) is 43.4 Å². The first-order chi connectivity index (χ1) is 21.8. The van der Waals surface area contributed by atoms with Crippen LogP contribution in [0.1, 0.15) is 0 Å². The van der Waals surface area contributed by atoms with Crippen LogP contribution in [0.2, 0.25) is 0 Å².